The summed E-state index contributed by atoms with van der Waals surface area (Å²) in [6.45, 7) is 3.38. The second-order valence-corrected chi connectivity index (χ2v) is 4.49. The Balaban J connectivity index is 3.09. The van der Waals surface area contributed by atoms with Crippen molar-refractivity contribution in [3.05, 3.63) is 0 Å². The van der Waals surface area contributed by atoms with Gasteiger partial charge in [0.1, 0.15) is 12.1 Å². The molecule has 0 aromatic carbocycles. The number of carbonyl (C=O) groups excluding carboxylic acids is 2. The molecule has 0 radical (unpaired) electrons. The van der Waals surface area contributed by atoms with Gasteiger partial charge in [-0.15, -0.1) is 4.99 Å². The molecule has 0 unspecified atom stereocenters. The summed E-state index contributed by atoms with van der Waals surface area (Å²) in [5.74, 6) is -0.771. The molecule has 0 spiro atoms. The van der Waals surface area contributed by atoms with Crippen LogP contribution in [0.15, 0.2) is 4.99 Å². The molecule has 1 fully saturated rings. The first-order chi connectivity index (χ1) is 7.43. The first-order valence-corrected chi connectivity index (χ1v) is 5.78. The van der Waals surface area contributed by atoms with E-state index in [1.165, 1.54) is 16.7 Å². The Morgan fingerprint density at radius 1 is 1.62 bits per heavy atom. The van der Waals surface area contributed by atoms with Crippen molar-refractivity contribution in [1.82, 2.24) is 10.2 Å². The predicted molar refractivity (Wildman–Crippen MR) is 60.5 cm³/mol. The first-order valence-electron chi connectivity index (χ1n) is 4.56. The molecule has 1 N–H and O–H groups in total. The van der Waals surface area contributed by atoms with Crippen molar-refractivity contribution < 1.29 is 9.59 Å². The Morgan fingerprint density at radius 2 is 2.25 bits per heavy atom. The Morgan fingerprint density at radius 3 is 2.75 bits per heavy atom. The van der Waals surface area contributed by atoms with E-state index < -0.39 is 5.54 Å². The van der Waals surface area contributed by atoms with Crippen LogP contribution in [-0.4, -0.2) is 40.2 Å². The Hall–Kier alpha value is -1.55. The highest BCUT2D eigenvalue weighted by Gasteiger charge is 2.42. The van der Waals surface area contributed by atoms with Gasteiger partial charge in [-0.05, 0) is 20.1 Å². The Kier molecular flexibility index (Phi) is 3.55. The Bertz CT molecular complexity index is 397. The van der Waals surface area contributed by atoms with Crippen LogP contribution in [0.3, 0.4) is 0 Å². The molecular formula is C9H12N4O2S. The lowest BCUT2D eigenvalue weighted by molar-refractivity contribution is -0.141. The number of hydrogen-bond donors (Lipinski definition) is 1. The van der Waals surface area contributed by atoms with Crippen LogP contribution in [0.4, 0.5) is 0 Å². The smallest absolute Gasteiger partial charge is 0.251 e. The van der Waals surface area contributed by atoms with E-state index in [4.69, 9.17) is 5.26 Å². The number of amides is 2. The van der Waals surface area contributed by atoms with E-state index in [1.807, 2.05) is 0 Å². The van der Waals surface area contributed by atoms with Gasteiger partial charge in [-0.2, -0.15) is 5.26 Å². The molecule has 1 aliphatic rings. The van der Waals surface area contributed by atoms with Crippen LogP contribution in [0.5, 0.6) is 0 Å². The summed E-state index contributed by atoms with van der Waals surface area (Å²) in [5, 5.41) is 11.2. The third kappa shape index (κ3) is 2.17. The summed E-state index contributed by atoms with van der Waals surface area (Å²) in [5.41, 5.74) is -0.882. The van der Waals surface area contributed by atoms with Gasteiger partial charge < -0.3 is 4.90 Å². The summed E-state index contributed by atoms with van der Waals surface area (Å²) in [6, 6.07) is 0. The van der Waals surface area contributed by atoms with E-state index in [2.05, 4.69) is 10.3 Å². The van der Waals surface area contributed by atoms with E-state index in [9.17, 15) is 9.59 Å². The maximum Gasteiger partial charge on any atom is 0.251 e. The summed E-state index contributed by atoms with van der Waals surface area (Å²) < 4.78 is 0. The second-order valence-electron chi connectivity index (χ2n) is 3.72. The molecule has 1 aliphatic heterocycles. The van der Waals surface area contributed by atoms with E-state index in [0.717, 1.165) is 0 Å². The van der Waals surface area contributed by atoms with Crippen molar-refractivity contribution in [3.8, 4) is 6.19 Å². The van der Waals surface area contributed by atoms with E-state index >= 15 is 0 Å². The summed E-state index contributed by atoms with van der Waals surface area (Å²) in [6.07, 6.45) is 3.41. The SMILES string of the molecule is CSC(=NC#N)N1CC(=O)NC(=O)C1(C)C. The largest absolute Gasteiger partial charge is 0.327 e. The lowest BCUT2D eigenvalue weighted by atomic mass is 10.00. The van der Waals surface area contributed by atoms with Crippen molar-refractivity contribution >= 4 is 28.7 Å². The maximum atomic E-state index is 11.6. The molecule has 1 rings (SSSR count). The van der Waals surface area contributed by atoms with Crippen LogP contribution in [0.25, 0.3) is 0 Å². The first kappa shape index (κ1) is 12.5. The molecule has 7 heteroatoms. The fourth-order valence-corrected chi connectivity index (χ4v) is 1.99. The van der Waals surface area contributed by atoms with Crippen LogP contribution in [0.2, 0.25) is 0 Å². The van der Waals surface area contributed by atoms with Gasteiger partial charge >= 0.3 is 0 Å². The number of aliphatic imine (C=N–C) groups is 1. The number of carbonyl (C=O) groups is 2. The maximum absolute atomic E-state index is 11.6. The van der Waals surface area contributed by atoms with Gasteiger partial charge in [0.2, 0.25) is 12.1 Å². The average molecular weight is 240 g/mol. The van der Waals surface area contributed by atoms with E-state index in [-0.39, 0.29) is 18.4 Å². The number of nitrogens with zero attached hydrogens (tertiary/aromatic N) is 3. The minimum absolute atomic E-state index is 0.0279. The highest BCUT2D eigenvalue weighted by atomic mass is 32.2. The lowest BCUT2D eigenvalue weighted by Crippen LogP contribution is -2.65. The molecule has 16 heavy (non-hydrogen) atoms. The molecule has 1 heterocycles. The second kappa shape index (κ2) is 4.53. The number of hydrogen-bond acceptors (Lipinski definition) is 5. The highest BCUT2D eigenvalue weighted by molar-refractivity contribution is 8.13. The van der Waals surface area contributed by atoms with Crippen molar-refractivity contribution in [2.24, 2.45) is 4.99 Å². The Labute approximate surface area is 97.7 Å². The molecule has 6 nitrogen and oxygen atoms in total. The van der Waals surface area contributed by atoms with Gasteiger partial charge in [-0.3, -0.25) is 14.9 Å². The third-order valence-corrected chi connectivity index (χ3v) is 3.02. The normalized spacial score (nSPS) is 20.4. The van der Waals surface area contributed by atoms with Crippen molar-refractivity contribution in [3.63, 3.8) is 0 Å². The topological polar surface area (TPSA) is 85.6 Å². The van der Waals surface area contributed by atoms with Crippen LogP contribution >= 0.6 is 11.8 Å². The monoisotopic (exact) mass is 240 g/mol. The molecule has 0 aromatic heterocycles. The molecule has 0 saturated carbocycles. The quantitative estimate of drug-likeness (QED) is 0.277. The number of thioether (sulfide) groups is 1. The minimum atomic E-state index is -0.882. The fourth-order valence-electron chi connectivity index (χ4n) is 1.35. The molecule has 0 bridgehead atoms. The van der Waals surface area contributed by atoms with Crippen LogP contribution in [0.1, 0.15) is 13.8 Å². The van der Waals surface area contributed by atoms with Crippen molar-refractivity contribution in [1.29, 1.82) is 5.26 Å². The van der Waals surface area contributed by atoms with E-state index in [0.29, 0.717) is 5.17 Å². The number of rotatable bonds is 0. The zero-order valence-electron chi connectivity index (χ0n) is 9.27. The van der Waals surface area contributed by atoms with Crippen molar-refractivity contribution in [2.75, 3.05) is 12.8 Å². The van der Waals surface area contributed by atoms with Gasteiger partial charge in [0.25, 0.3) is 5.91 Å². The minimum Gasteiger partial charge on any atom is -0.327 e. The summed E-state index contributed by atoms with van der Waals surface area (Å²) in [4.78, 5) is 28.1. The van der Waals surface area contributed by atoms with E-state index in [1.54, 1.807) is 26.3 Å². The molecule has 86 valence electrons. The number of amidine groups is 1. The molecule has 1 saturated heterocycles. The van der Waals surface area contributed by atoms with Crippen LogP contribution in [0, 0.1) is 11.5 Å². The van der Waals surface area contributed by atoms with Gasteiger partial charge in [0.15, 0.2) is 5.17 Å². The number of imide groups is 1. The van der Waals surface area contributed by atoms with Gasteiger partial charge in [-0.1, -0.05) is 11.8 Å². The van der Waals surface area contributed by atoms with Gasteiger partial charge in [0.05, 0.1) is 0 Å². The summed E-state index contributed by atoms with van der Waals surface area (Å²) in [7, 11) is 0. The molecule has 0 atom stereocenters. The average Bonchev–Trinajstić information content (AvgIpc) is 2.21. The lowest BCUT2D eigenvalue weighted by Gasteiger charge is -2.41. The zero-order valence-corrected chi connectivity index (χ0v) is 10.1. The molecule has 2 amide bonds. The predicted octanol–water partition coefficient (Wildman–Crippen LogP) is -0.0765. The molecule has 0 aromatic rings. The van der Waals surface area contributed by atoms with Crippen LogP contribution in [-0.2, 0) is 9.59 Å². The van der Waals surface area contributed by atoms with Gasteiger partial charge in [0, 0.05) is 0 Å². The standard InChI is InChI=1S/C9H12N4O2S/c1-9(2)7(15)12-6(14)4-13(9)8(16-3)11-5-10/h4H2,1-3H3,(H,12,14,15). The summed E-state index contributed by atoms with van der Waals surface area (Å²) >= 11 is 1.23. The molecule has 0 aliphatic carbocycles. The fraction of sp³-hybridized carbons (Fsp3) is 0.556. The van der Waals surface area contributed by atoms with Gasteiger partial charge in [-0.25, -0.2) is 0 Å². The number of nitrogens with one attached hydrogen (secondary N) is 1. The zero-order chi connectivity index (χ0) is 12.3. The number of piperazine rings is 1. The third-order valence-electron chi connectivity index (χ3n) is 2.34. The van der Waals surface area contributed by atoms with Crippen LogP contribution < -0.4 is 5.32 Å². The van der Waals surface area contributed by atoms with Crippen molar-refractivity contribution in [2.45, 2.75) is 19.4 Å². The molecular weight excluding hydrogens is 228 g/mol. The highest BCUT2D eigenvalue weighted by Crippen LogP contribution is 2.22. The number of nitriles is 1.